The molecule has 2 aliphatic rings. The van der Waals surface area contributed by atoms with Gasteiger partial charge in [-0.3, -0.25) is 0 Å². The van der Waals surface area contributed by atoms with Crippen LogP contribution in [0.4, 0.5) is 0 Å². The Bertz CT molecular complexity index is 492. The minimum atomic E-state index is -1.89. The van der Waals surface area contributed by atoms with Gasteiger partial charge in [0.2, 0.25) is 0 Å². The predicted molar refractivity (Wildman–Crippen MR) is 107 cm³/mol. The third-order valence-corrected chi connectivity index (χ3v) is 12.8. The Morgan fingerprint density at radius 1 is 1.08 bits per heavy atom. The molecule has 3 nitrogen and oxygen atoms in total. The van der Waals surface area contributed by atoms with Crippen LogP contribution in [0.2, 0.25) is 18.1 Å². The number of hydrogen-bond donors (Lipinski definition) is 2. The van der Waals surface area contributed by atoms with Crippen molar-refractivity contribution < 1.29 is 14.6 Å². The van der Waals surface area contributed by atoms with E-state index in [4.69, 9.17) is 4.43 Å². The number of hydrogen-bond acceptors (Lipinski definition) is 3. The first-order valence-electron chi connectivity index (χ1n) is 10.1. The standard InChI is InChI=1S/C21H42O3Si/c1-18(2,3)25(8,9)24-14-16-20(6)12-10-11-19(4,5)15(20)13-17(22)21(16,7)23/h15-17,22-23H,10-14H2,1-9H3/t15?,16-,17-,20+,21+/m1/s1. The van der Waals surface area contributed by atoms with E-state index in [0.29, 0.717) is 18.9 Å². The van der Waals surface area contributed by atoms with E-state index in [0.717, 1.165) is 6.42 Å². The number of aliphatic hydroxyl groups excluding tert-OH is 1. The molecule has 0 aromatic carbocycles. The van der Waals surface area contributed by atoms with Crippen LogP contribution in [-0.4, -0.2) is 36.8 Å². The Morgan fingerprint density at radius 2 is 1.64 bits per heavy atom. The molecular weight excluding hydrogens is 328 g/mol. The molecule has 0 heterocycles. The molecule has 0 spiro atoms. The monoisotopic (exact) mass is 370 g/mol. The van der Waals surface area contributed by atoms with Crippen LogP contribution in [0.1, 0.15) is 74.1 Å². The van der Waals surface area contributed by atoms with Crippen LogP contribution in [-0.2, 0) is 4.43 Å². The molecule has 2 N–H and O–H groups in total. The van der Waals surface area contributed by atoms with Crippen LogP contribution in [0, 0.1) is 22.7 Å². The Morgan fingerprint density at radius 3 is 2.16 bits per heavy atom. The normalized spacial score (nSPS) is 42.1. The second kappa shape index (κ2) is 6.32. The molecule has 148 valence electrons. The highest BCUT2D eigenvalue weighted by Gasteiger charge is 2.61. The van der Waals surface area contributed by atoms with Gasteiger partial charge in [-0.2, -0.15) is 0 Å². The van der Waals surface area contributed by atoms with E-state index in [1.165, 1.54) is 12.8 Å². The zero-order chi connectivity index (χ0) is 19.5. The maximum absolute atomic E-state index is 11.3. The lowest BCUT2D eigenvalue weighted by atomic mass is 9.45. The summed E-state index contributed by atoms with van der Waals surface area (Å²) in [7, 11) is -1.89. The fraction of sp³-hybridized carbons (Fsp3) is 1.00. The van der Waals surface area contributed by atoms with Gasteiger partial charge in [0, 0.05) is 12.5 Å². The van der Waals surface area contributed by atoms with E-state index in [-0.39, 0.29) is 21.8 Å². The molecule has 2 rings (SSSR count). The first-order valence-corrected chi connectivity index (χ1v) is 13.0. The largest absolute Gasteiger partial charge is 0.416 e. The van der Waals surface area contributed by atoms with E-state index in [1.807, 2.05) is 6.92 Å². The minimum absolute atomic E-state index is 0.0207. The van der Waals surface area contributed by atoms with Gasteiger partial charge in [-0.25, -0.2) is 0 Å². The van der Waals surface area contributed by atoms with E-state index in [2.05, 4.69) is 54.6 Å². The molecule has 2 fully saturated rings. The lowest BCUT2D eigenvalue weighted by Gasteiger charge is -2.62. The Labute approximate surface area is 156 Å². The summed E-state index contributed by atoms with van der Waals surface area (Å²) in [5.74, 6) is 0.402. The van der Waals surface area contributed by atoms with Crippen molar-refractivity contribution in [2.75, 3.05) is 6.61 Å². The number of rotatable bonds is 3. The maximum atomic E-state index is 11.3. The summed E-state index contributed by atoms with van der Waals surface area (Å²) < 4.78 is 6.57. The summed E-state index contributed by atoms with van der Waals surface area (Å²) in [6, 6.07) is 0. The summed E-state index contributed by atoms with van der Waals surface area (Å²) in [5, 5.41) is 22.2. The van der Waals surface area contributed by atoms with Crippen molar-refractivity contribution in [3.05, 3.63) is 0 Å². The third kappa shape index (κ3) is 3.61. The van der Waals surface area contributed by atoms with Crippen molar-refractivity contribution in [1.82, 2.24) is 0 Å². The van der Waals surface area contributed by atoms with Crippen molar-refractivity contribution in [2.24, 2.45) is 22.7 Å². The van der Waals surface area contributed by atoms with Gasteiger partial charge in [0.25, 0.3) is 0 Å². The number of aliphatic hydroxyl groups is 2. The van der Waals surface area contributed by atoms with Gasteiger partial charge in [0.15, 0.2) is 8.32 Å². The van der Waals surface area contributed by atoms with Gasteiger partial charge in [-0.1, -0.05) is 48.0 Å². The maximum Gasteiger partial charge on any atom is 0.191 e. The van der Waals surface area contributed by atoms with Crippen molar-refractivity contribution in [1.29, 1.82) is 0 Å². The van der Waals surface area contributed by atoms with Gasteiger partial charge >= 0.3 is 0 Å². The first-order chi connectivity index (χ1) is 11.1. The summed E-state index contributed by atoms with van der Waals surface area (Å²) >= 11 is 0. The van der Waals surface area contributed by atoms with Crippen LogP contribution < -0.4 is 0 Å². The van der Waals surface area contributed by atoms with E-state index in [9.17, 15) is 10.2 Å². The highest BCUT2D eigenvalue weighted by molar-refractivity contribution is 6.74. The molecule has 2 saturated carbocycles. The smallest absolute Gasteiger partial charge is 0.191 e. The predicted octanol–water partition coefficient (Wildman–Crippen LogP) is 4.97. The molecule has 1 unspecified atom stereocenters. The zero-order valence-electron chi connectivity index (χ0n) is 18.1. The topological polar surface area (TPSA) is 49.7 Å². The molecule has 25 heavy (non-hydrogen) atoms. The van der Waals surface area contributed by atoms with Crippen molar-refractivity contribution >= 4 is 8.32 Å². The molecule has 5 atom stereocenters. The van der Waals surface area contributed by atoms with E-state index >= 15 is 0 Å². The minimum Gasteiger partial charge on any atom is -0.416 e. The first kappa shape index (κ1) is 21.4. The Balaban J connectivity index is 2.34. The summed E-state index contributed by atoms with van der Waals surface area (Å²) in [6.07, 6.45) is 3.56. The molecule has 0 aromatic heterocycles. The Hall–Kier alpha value is 0.0969. The molecule has 0 saturated heterocycles. The third-order valence-electron chi connectivity index (χ3n) is 8.33. The van der Waals surface area contributed by atoms with Crippen LogP contribution in [0.3, 0.4) is 0 Å². The van der Waals surface area contributed by atoms with Crippen LogP contribution in [0.15, 0.2) is 0 Å². The molecule has 0 aliphatic heterocycles. The second-order valence-electron chi connectivity index (χ2n) is 11.5. The summed E-state index contributed by atoms with van der Waals surface area (Å²) in [4.78, 5) is 0. The molecule has 2 aliphatic carbocycles. The van der Waals surface area contributed by atoms with E-state index in [1.54, 1.807) is 0 Å². The molecule has 0 bridgehead atoms. The SMILES string of the molecule is CC1(C)CCC[C@@]2(C)C1C[C@@H](O)[C@@](C)(O)[C@@H]2CO[Si](C)(C)C(C)(C)C. The lowest BCUT2D eigenvalue weighted by Crippen LogP contribution is -2.65. The number of fused-ring (bicyclic) bond motifs is 1. The fourth-order valence-corrected chi connectivity index (χ4v) is 6.42. The van der Waals surface area contributed by atoms with Crippen molar-refractivity contribution in [3.63, 3.8) is 0 Å². The quantitative estimate of drug-likeness (QED) is 0.689. The van der Waals surface area contributed by atoms with Gasteiger partial charge in [-0.05, 0) is 61.1 Å². The van der Waals surface area contributed by atoms with Crippen molar-refractivity contribution in [2.45, 2.75) is 104 Å². The summed E-state index contributed by atoms with van der Waals surface area (Å²) in [5.41, 5.74) is -0.854. The van der Waals surface area contributed by atoms with Gasteiger partial charge in [0.05, 0.1) is 11.7 Å². The van der Waals surface area contributed by atoms with Gasteiger partial charge in [0.1, 0.15) is 0 Å². The fourth-order valence-electron chi connectivity index (χ4n) is 5.40. The highest BCUT2D eigenvalue weighted by Crippen LogP contribution is 2.62. The average Bonchev–Trinajstić information content (AvgIpc) is 2.39. The molecule has 0 amide bonds. The second-order valence-corrected chi connectivity index (χ2v) is 16.3. The molecule has 0 radical (unpaired) electrons. The highest BCUT2D eigenvalue weighted by atomic mass is 28.4. The molecule has 4 heteroatoms. The molecular formula is C21H42O3Si. The van der Waals surface area contributed by atoms with Crippen LogP contribution in [0.25, 0.3) is 0 Å². The van der Waals surface area contributed by atoms with Crippen LogP contribution in [0.5, 0.6) is 0 Å². The average molecular weight is 371 g/mol. The van der Waals surface area contributed by atoms with E-state index < -0.39 is 20.0 Å². The Kier molecular flexibility index (Phi) is 5.41. The van der Waals surface area contributed by atoms with Crippen LogP contribution >= 0.6 is 0 Å². The van der Waals surface area contributed by atoms with Gasteiger partial charge in [-0.15, -0.1) is 0 Å². The van der Waals surface area contributed by atoms with Crippen molar-refractivity contribution in [3.8, 4) is 0 Å². The lowest BCUT2D eigenvalue weighted by molar-refractivity contribution is -0.226. The molecule has 0 aromatic rings. The zero-order valence-corrected chi connectivity index (χ0v) is 19.1. The van der Waals surface area contributed by atoms with Gasteiger partial charge < -0.3 is 14.6 Å². The summed E-state index contributed by atoms with van der Waals surface area (Å²) in [6.45, 7) is 20.7.